The van der Waals surface area contributed by atoms with Crippen LogP contribution in [0.4, 0.5) is 10.1 Å². The molecule has 0 saturated heterocycles. The molecule has 1 unspecified atom stereocenters. The second-order valence-electron chi connectivity index (χ2n) is 5.05. The minimum atomic E-state index is -2.75. The summed E-state index contributed by atoms with van der Waals surface area (Å²) < 4.78 is 24.2. The van der Waals surface area contributed by atoms with Crippen LogP contribution in [0.2, 0.25) is 0 Å². The fourth-order valence-electron chi connectivity index (χ4n) is 1.75. The monoisotopic (exact) mass is 366 g/mol. The number of hydrogen-bond donors (Lipinski definition) is 3. The van der Waals surface area contributed by atoms with Crippen LogP contribution in [0.5, 0.6) is 0 Å². The van der Waals surface area contributed by atoms with E-state index in [-0.39, 0.29) is 17.5 Å². The van der Waals surface area contributed by atoms with Gasteiger partial charge in [0, 0.05) is 23.9 Å². The SMILES string of the molecule is CNCCO.Cc1ccc(NC(=O)c2cccc([P+](=O)[O-])c2)cc1F. The molecule has 6 nitrogen and oxygen atoms in total. The minimum Gasteiger partial charge on any atom is -0.591 e. The van der Waals surface area contributed by atoms with Crippen LogP contribution in [-0.2, 0) is 4.57 Å². The normalized spacial score (nSPS) is 10.5. The molecule has 0 aliphatic heterocycles. The maximum Gasteiger partial charge on any atom is 0.348 e. The first-order valence-electron chi connectivity index (χ1n) is 7.46. The van der Waals surface area contributed by atoms with E-state index < -0.39 is 19.8 Å². The molecule has 1 atom stereocenters. The molecular weight excluding hydrogens is 346 g/mol. The third-order valence-corrected chi connectivity index (χ3v) is 3.81. The first kappa shape index (κ1) is 20.9. The van der Waals surface area contributed by atoms with Crippen molar-refractivity contribution in [2.45, 2.75) is 6.92 Å². The van der Waals surface area contributed by atoms with Crippen molar-refractivity contribution in [2.75, 3.05) is 25.5 Å². The lowest BCUT2D eigenvalue weighted by molar-refractivity contribution is -0.160. The number of rotatable bonds is 5. The molecule has 0 aliphatic rings. The standard InChI is InChI=1S/C14H11FNO3P.C3H9NO/c1-9-5-6-11(8-13(9)15)16-14(17)10-3-2-4-12(7-10)20(18)19;1-4-2-3-5/h2-8H,1H3,(H,16,17);4-5H,2-3H2,1H3. The quantitative estimate of drug-likeness (QED) is 0.693. The van der Waals surface area contributed by atoms with E-state index in [1.54, 1.807) is 26.1 Å². The second kappa shape index (κ2) is 10.6. The summed E-state index contributed by atoms with van der Waals surface area (Å²) in [7, 11) is -0.943. The lowest BCUT2D eigenvalue weighted by Gasteiger charge is -2.06. The van der Waals surface area contributed by atoms with E-state index in [1.807, 2.05) is 0 Å². The number of anilines is 1. The highest BCUT2D eigenvalue weighted by molar-refractivity contribution is 7.45. The lowest BCUT2D eigenvalue weighted by Crippen LogP contribution is -2.15. The first-order chi connectivity index (χ1) is 11.9. The van der Waals surface area contributed by atoms with Gasteiger partial charge in [0.25, 0.3) is 5.91 Å². The molecule has 0 spiro atoms. The zero-order valence-corrected chi connectivity index (χ0v) is 14.8. The van der Waals surface area contributed by atoms with Gasteiger partial charge in [-0.2, -0.15) is 0 Å². The average molecular weight is 366 g/mol. The van der Waals surface area contributed by atoms with Gasteiger partial charge in [-0.3, -0.25) is 4.79 Å². The number of benzene rings is 2. The van der Waals surface area contributed by atoms with Crippen molar-refractivity contribution in [2.24, 2.45) is 0 Å². The van der Waals surface area contributed by atoms with Gasteiger partial charge in [0.05, 0.1) is 6.61 Å². The number of amides is 1. The van der Waals surface area contributed by atoms with Crippen LogP contribution < -0.4 is 20.8 Å². The van der Waals surface area contributed by atoms with Gasteiger partial charge in [-0.05, 0) is 43.8 Å². The van der Waals surface area contributed by atoms with Gasteiger partial charge in [0.2, 0.25) is 0 Å². The molecule has 25 heavy (non-hydrogen) atoms. The summed E-state index contributed by atoms with van der Waals surface area (Å²) in [5, 5.41) is 13.3. The Balaban J connectivity index is 0.000000550. The molecule has 1 amide bonds. The van der Waals surface area contributed by atoms with Gasteiger partial charge in [0.1, 0.15) is 5.82 Å². The van der Waals surface area contributed by atoms with E-state index in [9.17, 15) is 18.6 Å². The van der Waals surface area contributed by atoms with Gasteiger partial charge >= 0.3 is 8.03 Å². The van der Waals surface area contributed by atoms with Crippen LogP contribution >= 0.6 is 8.03 Å². The fourth-order valence-corrected chi connectivity index (χ4v) is 2.20. The largest absolute Gasteiger partial charge is 0.591 e. The molecule has 2 aromatic carbocycles. The number of nitrogens with one attached hydrogen (secondary N) is 2. The summed E-state index contributed by atoms with van der Waals surface area (Å²) in [5.41, 5.74) is 0.992. The molecule has 2 aromatic rings. The average Bonchev–Trinajstić information content (AvgIpc) is 2.59. The first-order valence-corrected chi connectivity index (χ1v) is 8.64. The van der Waals surface area contributed by atoms with Gasteiger partial charge in [-0.1, -0.05) is 16.7 Å². The Bertz CT molecular complexity index is 738. The van der Waals surface area contributed by atoms with Crippen LogP contribution in [0.25, 0.3) is 0 Å². The molecule has 2 rings (SSSR count). The Morgan fingerprint density at radius 2 is 2.00 bits per heavy atom. The van der Waals surface area contributed by atoms with E-state index in [4.69, 9.17) is 5.11 Å². The van der Waals surface area contributed by atoms with Crippen LogP contribution in [0.15, 0.2) is 42.5 Å². The van der Waals surface area contributed by atoms with Crippen molar-refractivity contribution in [3.8, 4) is 0 Å². The van der Waals surface area contributed by atoms with Crippen molar-refractivity contribution in [1.82, 2.24) is 5.32 Å². The second-order valence-corrected chi connectivity index (χ2v) is 6.08. The summed E-state index contributed by atoms with van der Waals surface area (Å²) in [5.74, 6) is -0.911. The predicted octanol–water partition coefficient (Wildman–Crippen LogP) is 1.31. The highest BCUT2D eigenvalue weighted by Crippen LogP contribution is 2.15. The smallest absolute Gasteiger partial charge is 0.348 e. The van der Waals surface area contributed by atoms with E-state index in [0.717, 1.165) is 0 Å². The third kappa shape index (κ3) is 7.07. The van der Waals surface area contributed by atoms with Gasteiger partial charge in [0.15, 0.2) is 5.30 Å². The number of aryl methyl sites for hydroxylation is 1. The summed E-state index contributed by atoms with van der Waals surface area (Å²) in [6, 6.07) is 9.97. The molecule has 8 heteroatoms. The minimum absolute atomic E-state index is 0.0581. The van der Waals surface area contributed by atoms with Crippen LogP contribution in [0.1, 0.15) is 15.9 Å². The highest BCUT2D eigenvalue weighted by Gasteiger charge is 2.12. The van der Waals surface area contributed by atoms with E-state index in [1.165, 1.54) is 30.3 Å². The Hall–Kier alpha value is -2.18. The molecule has 0 bridgehead atoms. The highest BCUT2D eigenvalue weighted by atomic mass is 31.1. The van der Waals surface area contributed by atoms with Crippen molar-refractivity contribution < 1.29 is 23.7 Å². The van der Waals surface area contributed by atoms with Crippen molar-refractivity contribution in [3.63, 3.8) is 0 Å². The summed E-state index contributed by atoms with van der Waals surface area (Å²) in [6.45, 7) is 2.55. The van der Waals surface area contributed by atoms with Crippen molar-refractivity contribution in [3.05, 3.63) is 59.4 Å². The van der Waals surface area contributed by atoms with Gasteiger partial charge in [-0.25, -0.2) is 4.39 Å². The lowest BCUT2D eigenvalue weighted by atomic mass is 10.2. The van der Waals surface area contributed by atoms with E-state index in [2.05, 4.69) is 10.6 Å². The molecule has 0 heterocycles. The van der Waals surface area contributed by atoms with Crippen molar-refractivity contribution >= 4 is 24.9 Å². The number of halogens is 1. The summed E-state index contributed by atoms with van der Waals surface area (Å²) in [4.78, 5) is 22.8. The maximum atomic E-state index is 13.4. The molecule has 134 valence electrons. The Kier molecular flexibility index (Phi) is 8.88. The number of hydrogen-bond acceptors (Lipinski definition) is 5. The molecule has 0 aliphatic carbocycles. The van der Waals surface area contributed by atoms with Crippen LogP contribution in [0.3, 0.4) is 0 Å². The van der Waals surface area contributed by atoms with Crippen LogP contribution in [0, 0.1) is 12.7 Å². The number of carbonyl (C=O) groups is 1. The summed E-state index contributed by atoms with van der Waals surface area (Å²) >= 11 is 0. The fraction of sp³-hybridized carbons (Fsp3) is 0.235. The molecular formula is C17H20FN2O4P. The zero-order chi connectivity index (χ0) is 18.8. The van der Waals surface area contributed by atoms with Gasteiger partial charge < -0.3 is 20.6 Å². The number of carbonyl (C=O) groups excluding carboxylic acids is 1. The van der Waals surface area contributed by atoms with E-state index >= 15 is 0 Å². The van der Waals surface area contributed by atoms with Crippen molar-refractivity contribution in [1.29, 1.82) is 0 Å². The molecule has 0 radical (unpaired) electrons. The van der Waals surface area contributed by atoms with Gasteiger partial charge in [-0.15, -0.1) is 0 Å². The molecule has 0 fully saturated rings. The maximum absolute atomic E-state index is 13.4. The van der Waals surface area contributed by atoms with E-state index in [0.29, 0.717) is 17.8 Å². The number of aliphatic hydroxyl groups excluding tert-OH is 1. The number of likely N-dealkylation sites (N-methyl/N-ethyl adjacent to an activating group) is 1. The topological polar surface area (TPSA) is 101 Å². The molecule has 3 N–H and O–H groups in total. The predicted molar refractivity (Wildman–Crippen MR) is 93.8 cm³/mol. The summed E-state index contributed by atoms with van der Waals surface area (Å²) in [6.07, 6.45) is 0. The molecule has 0 aromatic heterocycles. The third-order valence-electron chi connectivity index (χ3n) is 3.11. The number of aliphatic hydroxyl groups is 1. The zero-order valence-electron chi connectivity index (χ0n) is 14.0. The Morgan fingerprint density at radius 1 is 1.28 bits per heavy atom. The molecule has 0 saturated carbocycles. The Labute approximate surface area is 146 Å². The van der Waals surface area contributed by atoms with Crippen LogP contribution in [-0.4, -0.2) is 31.2 Å². The Morgan fingerprint density at radius 3 is 2.52 bits per heavy atom.